The fourth-order valence-corrected chi connectivity index (χ4v) is 3.41. The first kappa shape index (κ1) is 13.2. The van der Waals surface area contributed by atoms with Crippen LogP contribution in [0, 0.1) is 0 Å². The quantitative estimate of drug-likeness (QED) is 0.686. The summed E-state index contributed by atoms with van der Waals surface area (Å²) in [7, 11) is -3.21. The fraction of sp³-hybridized carbons (Fsp3) is 1.00. The molecule has 0 aromatic rings. The van der Waals surface area contributed by atoms with E-state index in [0.29, 0.717) is 19.1 Å². The molecule has 1 aliphatic heterocycles. The lowest BCUT2D eigenvalue weighted by molar-refractivity contribution is 0.225. The van der Waals surface area contributed by atoms with Crippen LogP contribution in [0.15, 0.2) is 0 Å². The molecule has 0 saturated carbocycles. The number of likely N-dealkylation sites (N-methyl/N-ethyl adjacent to an activating group) is 1. The molecule has 0 aliphatic carbocycles. The van der Waals surface area contributed by atoms with Crippen molar-refractivity contribution in [3.8, 4) is 0 Å². The Morgan fingerprint density at radius 2 is 2.00 bits per heavy atom. The molecule has 1 heterocycles. The van der Waals surface area contributed by atoms with Crippen molar-refractivity contribution in [2.24, 2.45) is 0 Å². The maximum atomic E-state index is 11.5. The predicted molar refractivity (Wildman–Crippen MR) is 62.5 cm³/mol. The average molecular weight is 255 g/mol. The Morgan fingerprint density at radius 1 is 1.40 bits per heavy atom. The Kier molecular flexibility index (Phi) is 4.83. The zero-order valence-corrected chi connectivity index (χ0v) is 10.9. The number of halogens is 1. The van der Waals surface area contributed by atoms with E-state index in [-0.39, 0.29) is 5.21 Å². The smallest absolute Gasteiger partial charge is 0.228 e. The van der Waals surface area contributed by atoms with Gasteiger partial charge in [0.25, 0.3) is 0 Å². The SMILES string of the molecule is CCN(CC)C1CCN(S(=O)(=O)CCl)C1. The van der Waals surface area contributed by atoms with E-state index in [9.17, 15) is 8.42 Å². The third-order valence-electron chi connectivity index (χ3n) is 2.99. The van der Waals surface area contributed by atoms with E-state index in [2.05, 4.69) is 18.7 Å². The third kappa shape index (κ3) is 3.06. The first-order valence-electron chi connectivity index (χ1n) is 5.33. The minimum absolute atomic E-state index is 0.308. The Balaban J connectivity index is 2.59. The Bertz CT molecular complexity index is 290. The van der Waals surface area contributed by atoms with Crippen molar-refractivity contribution in [2.75, 3.05) is 31.4 Å². The third-order valence-corrected chi connectivity index (χ3v) is 5.21. The highest BCUT2D eigenvalue weighted by molar-refractivity contribution is 7.90. The van der Waals surface area contributed by atoms with E-state index in [1.165, 1.54) is 4.31 Å². The van der Waals surface area contributed by atoms with Crippen LogP contribution in [0.4, 0.5) is 0 Å². The van der Waals surface area contributed by atoms with Crippen molar-refractivity contribution in [1.29, 1.82) is 0 Å². The second-order valence-corrected chi connectivity index (χ2v) is 6.30. The van der Waals surface area contributed by atoms with Gasteiger partial charge in [0.05, 0.1) is 0 Å². The van der Waals surface area contributed by atoms with Gasteiger partial charge in [0.2, 0.25) is 10.0 Å². The first-order chi connectivity index (χ1) is 7.05. The summed E-state index contributed by atoms with van der Waals surface area (Å²) >= 11 is 5.43. The molecule has 1 rings (SSSR count). The minimum Gasteiger partial charge on any atom is -0.300 e. The van der Waals surface area contributed by atoms with Gasteiger partial charge < -0.3 is 0 Å². The van der Waals surface area contributed by atoms with Crippen molar-refractivity contribution in [3.05, 3.63) is 0 Å². The Hall–Kier alpha value is 0.160. The molecular weight excluding hydrogens is 236 g/mol. The van der Waals surface area contributed by atoms with E-state index in [0.717, 1.165) is 19.5 Å². The van der Waals surface area contributed by atoms with Gasteiger partial charge in [0, 0.05) is 19.1 Å². The number of hydrogen-bond donors (Lipinski definition) is 0. The molecule has 1 saturated heterocycles. The van der Waals surface area contributed by atoms with Crippen molar-refractivity contribution in [2.45, 2.75) is 26.3 Å². The zero-order valence-electron chi connectivity index (χ0n) is 9.32. The molecular formula is C9H19ClN2O2S. The number of sulfonamides is 1. The van der Waals surface area contributed by atoms with Gasteiger partial charge in [-0.1, -0.05) is 13.8 Å². The molecule has 0 aromatic heterocycles. The van der Waals surface area contributed by atoms with Gasteiger partial charge in [0.1, 0.15) is 5.21 Å². The number of alkyl halides is 1. The van der Waals surface area contributed by atoms with Crippen LogP contribution in [-0.2, 0) is 10.0 Å². The molecule has 0 bridgehead atoms. The first-order valence-corrected chi connectivity index (χ1v) is 7.47. The molecule has 0 aromatic carbocycles. The average Bonchev–Trinajstić information content (AvgIpc) is 2.70. The Morgan fingerprint density at radius 3 is 2.47 bits per heavy atom. The van der Waals surface area contributed by atoms with Crippen molar-refractivity contribution in [1.82, 2.24) is 9.21 Å². The summed E-state index contributed by atoms with van der Waals surface area (Å²) in [5, 5.41) is -0.308. The van der Waals surface area contributed by atoms with Crippen LogP contribution in [0.25, 0.3) is 0 Å². The molecule has 0 spiro atoms. The summed E-state index contributed by atoms with van der Waals surface area (Å²) in [6, 6.07) is 0.359. The zero-order chi connectivity index (χ0) is 11.5. The highest BCUT2D eigenvalue weighted by Crippen LogP contribution is 2.19. The van der Waals surface area contributed by atoms with Crippen LogP contribution < -0.4 is 0 Å². The fourth-order valence-electron chi connectivity index (χ4n) is 2.07. The van der Waals surface area contributed by atoms with E-state index in [1.807, 2.05) is 0 Å². The predicted octanol–water partition coefficient (Wildman–Crippen LogP) is 0.929. The number of nitrogens with zero attached hydrogens (tertiary/aromatic N) is 2. The molecule has 0 radical (unpaired) electrons. The lowest BCUT2D eigenvalue weighted by Crippen LogP contribution is -2.38. The van der Waals surface area contributed by atoms with Gasteiger partial charge in [-0.05, 0) is 19.5 Å². The molecule has 6 heteroatoms. The van der Waals surface area contributed by atoms with E-state index >= 15 is 0 Å². The molecule has 4 nitrogen and oxygen atoms in total. The second kappa shape index (κ2) is 5.48. The summed E-state index contributed by atoms with van der Waals surface area (Å²) in [5.74, 6) is 0. The standard InChI is InChI=1S/C9H19ClN2O2S/c1-3-11(4-2)9-5-6-12(7-9)15(13,14)8-10/h9H,3-8H2,1-2H3. The lowest BCUT2D eigenvalue weighted by atomic mass is 10.2. The van der Waals surface area contributed by atoms with Gasteiger partial charge >= 0.3 is 0 Å². The normalized spacial score (nSPS) is 23.9. The second-order valence-electron chi connectivity index (χ2n) is 3.74. The van der Waals surface area contributed by atoms with Crippen LogP contribution in [0.5, 0.6) is 0 Å². The molecule has 15 heavy (non-hydrogen) atoms. The van der Waals surface area contributed by atoms with Crippen LogP contribution >= 0.6 is 11.6 Å². The van der Waals surface area contributed by atoms with Gasteiger partial charge in [0.15, 0.2) is 0 Å². The van der Waals surface area contributed by atoms with E-state index in [1.54, 1.807) is 0 Å². The van der Waals surface area contributed by atoms with E-state index < -0.39 is 10.0 Å². The topological polar surface area (TPSA) is 40.6 Å². The van der Waals surface area contributed by atoms with Crippen molar-refractivity contribution < 1.29 is 8.42 Å². The molecule has 1 unspecified atom stereocenters. The highest BCUT2D eigenvalue weighted by atomic mass is 35.5. The summed E-state index contributed by atoms with van der Waals surface area (Å²) in [6.07, 6.45) is 0.914. The molecule has 0 N–H and O–H groups in total. The largest absolute Gasteiger partial charge is 0.300 e. The number of hydrogen-bond acceptors (Lipinski definition) is 3. The summed E-state index contributed by atoms with van der Waals surface area (Å²) in [5.41, 5.74) is 0. The monoisotopic (exact) mass is 254 g/mol. The molecule has 1 atom stereocenters. The maximum absolute atomic E-state index is 11.5. The number of rotatable bonds is 5. The van der Waals surface area contributed by atoms with E-state index in [4.69, 9.17) is 11.6 Å². The van der Waals surface area contributed by atoms with Crippen molar-refractivity contribution >= 4 is 21.6 Å². The van der Waals surface area contributed by atoms with Crippen LogP contribution in [0.1, 0.15) is 20.3 Å². The van der Waals surface area contributed by atoms with Gasteiger partial charge in [-0.3, -0.25) is 4.90 Å². The van der Waals surface area contributed by atoms with Gasteiger partial charge in [-0.15, -0.1) is 11.6 Å². The minimum atomic E-state index is -3.21. The van der Waals surface area contributed by atoms with Gasteiger partial charge in [-0.25, -0.2) is 8.42 Å². The molecule has 90 valence electrons. The maximum Gasteiger partial charge on any atom is 0.228 e. The van der Waals surface area contributed by atoms with Gasteiger partial charge in [-0.2, -0.15) is 4.31 Å². The summed E-state index contributed by atoms with van der Waals surface area (Å²) < 4.78 is 24.5. The molecule has 0 amide bonds. The lowest BCUT2D eigenvalue weighted by Gasteiger charge is -2.25. The van der Waals surface area contributed by atoms with Crippen LogP contribution in [0.2, 0.25) is 0 Å². The van der Waals surface area contributed by atoms with Crippen molar-refractivity contribution in [3.63, 3.8) is 0 Å². The highest BCUT2D eigenvalue weighted by Gasteiger charge is 2.32. The van der Waals surface area contributed by atoms with Crippen LogP contribution in [-0.4, -0.2) is 55.1 Å². The van der Waals surface area contributed by atoms with Crippen LogP contribution in [0.3, 0.4) is 0 Å². The molecule has 1 fully saturated rings. The summed E-state index contributed by atoms with van der Waals surface area (Å²) in [4.78, 5) is 2.30. The molecule has 1 aliphatic rings. The summed E-state index contributed by atoms with van der Waals surface area (Å²) in [6.45, 7) is 7.34. The Labute approximate surface area is 97.2 Å².